The van der Waals surface area contributed by atoms with E-state index in [-0.39, 0.29) is 35.7 Å². The van der Waals surface area contributed by atoms with Gasteiger partial charge < -0.3 is 15.4 Å². The van der Waals surface area contributed by atoms with Gasteiger partial charge in [-0.1, -0.05) is 6.07 Å². The van der Waals surface area contributed by atoms with E-state index in [4.69, 9.17) is 4.74 Å². The lowest BCUT2D eigenvalue weighted by Crippen LogP contribution is -2.37. The monoisotopic (exact) mass is 290 g/mol. The molecule has 6 heteroatoms. The number of hydrogen-bond donors (Lipinski definition) is 2. The van der Waals surface area contributed by atoms with Gasteiger partial charge in [0.15, 0.2) is 11.6 Å². The lowest BCUT2D eigenvalue weighted by molar-refractivity contribution is 0.0945. The molecule has 0 aliphatic heterocycles. The van der Waals surface area contributed by atoms with Gasteiger partial charge in [-0.15, -0.1) is 12.4 Å². The van der Waals surface area contributed by atoms with Crippen molar-refractivity contribution in [2.24, 2.45) is 0 Å². The van der Waals surface area contributed by atoms with Crippen molar-refractivity contribution in [1.82, 2.24) is 10.6 Å². The summed E-state index contributed by atoms with van der Waals surface area (Å²) in [7, 11) is 1.81. The van der Waals surface area contributed by atoms with E-state index >= 15 is 0 Å². The van der Waals surface area contributed by atoms with Crippen molar-refractivity contribution in [2.75, 3.05) is 20.2 Å². The summed E-state index contributed by atoms with van der Waals surface area (Å²) in [5.74, 6) is -0.846. The molecule has 0 heterocycles. The Morgan fingerprint density at radius 1 is 1.47 bits per heavy atom. The Kier molecular flexibility index (Phi) is 8.11. The average Bonchev–Trinajstić information content (AvgIpc) is 2.38. The number of rotatable bonds is 6. The van der Waals surface area contributed by atoms with E-state index < -0.39 is 5.82 Å². The molecule has 0 saturated heterocycles. The Morgan fingerprint density at radius 3 is 2.74 bits per heavy atom. The van der Waals surface area contributed by atoms with Crippen LogP contribution in [-0.2, 0) is 0 Å². The fraction of sp³-hybridized carbons (Fsp3) is 0.462. The second kappa shape index (κ2) is 8.72. The highest BCUT2D eigenvalue weighted by Gasteiger charge is 2.16. The van der Waals surface area contributed by atoms with Gasteiger partial charge in [0, 0.05) is 12.6 Å². The summed E-state index contributed by atoms with van der Waals surface area (Å²) >= 11 is 0. The molecule has 4 nitrogen and oxygen atoms in total. The zero-order valence-corrected chi connectivity index (χ0v) is 12.1. The van der Waals surface area contributed by atoms with Crippen molar-refractivity contribution in [3.63, 3.8) is 0 Å². The van der Waals surface area contributed by atoms with E-state index in [2.05, 4.69) is 10.6 Å². The molecular weight excluding hydrogens is 271 g/mol. The molecule has 0 aliphatic rings. The van der Waals surface area contributed by atoms with Crippen LogP contribution < -0.4 is 15.4 Å². The van der Waals surface area contributed by atoms with E-state index in [0.29, 0.717) is 13.2 Å². The maximum absolute atomic E-state index is 13.5. The Morgan fingerprint density at radius 2 is 2.16 bits per heavy atom. The first-order valence-corrected chi connectivity index (χ1v) is 5.96. The van der Waals surface area contributed by atoms with Crippen molar-refractivity contribution in [1.29, 1.82) is 0 Å². The number of nitrogens with one attached hydrogen (secondary N) is 2. The van der Waals surface area contributed by atoms with Crippen molar-refractivity contribution in [3.05, 3.63) is 29.6 Å². The number of carbonyl (C=O) groups excluding carboxylic acids is 1. The number of ether oxygens (including phenoxy) is 1. The molecule has 1 unspecified atom stereocenters. The van der Waals surface area contributed by atoms with Gasteiger partial charge in [-0.2, -0.15) is 0 Å². The molecule has 1 rings (SSSR count). The van der Waals surface area contributed by atoms with Crippen LogP contribution in [0.25, 0.3) is 0 Å². The maximum atomic E-state index is 13.5. The smallest absolute Gasteiger partial charge is 0.255 e. The molecule has 0 spiro atoms. The third-order valence-corrected chi connectivity index (χ3v) is 2.56. The second-order valence-corrected chi connectivity index (χ2v) is 3.95. The van der Waals surface area contributed by atoms with Crippen molar-refractivity contribution < 1.29 is 13.9 Å². The number of para-hydroxylation sites is 1. The van der Waals surface area contributed by atoms with Crippen LogP contribution in [0.15, 0.2) is 18.2 Å². The average molecular weight is 291 g/mol. The van der Waals surface area contributed by atoms with Crippen LogP contribution in [0.2, 0.25) is 0 Å². The minimum Gasteiger partial charge on any atom is -0.490 e. The van der Waals surface area contributed by atoms with Crippen molar-refractivity contribution in [2.45, 2.75) is 19.9 Å². The molecule has 0 radical (unpaired) electrons. The first kappa shape index (κ1) is 17.7. The molecular formula is C13H20ClFN2O2. The van der Waals surface area contributed by atoms with Gasteiger partial charge in [-0.3, -0.25) is 4.79 Å². The van der Waals surface area contributed by atoms with Gasteiger partial charge in [0.05, 0.1) is 12.2 Å². The molecule has 1 amide bonds. The molecule has 0 fully saturated rings. The van der Waals surface area contributed by atoms with Crippen molar-refractivity contribution in [3.8, 4) is 5.75 Å². The topological polar surface area (TPSA) is 50.4 Å². The number of halogens is 2. The SMILES string of the molecule is CCOc1c(F)cccc1C(=O)NCC(C)NC.Cl. The standard InChI is InChI=1S/C13H19FN2O2.ClH/c1-4-18-12-10(6-5-7-11(12)14)13(17)16-8-9(2)15-3;/h5-7,9,15H,4,8H2,1-3H3,(H,16,17);1H. The van der Waals surface area contributed by atoms with Gasteiger partial charge in [0.2, 0.25) is 0 Å². The molecule has 1 aromatic rings. The summed E-state index contributed by atoms with van der Waals surface area (Å²) in [5, 5.41) is 5.73. The molecule has 1 aromatic carbocycles. The third kappa shape index (κ3) is 5.04. The van der Waals surface area contributed by atoms with Gasteiger partial charge in [0.25, 0.3) is 5.91 Å². The number of carbonyl (C=O) groups is 1. The normalized spacial score (nSPS) is 11.4. The zero-order valence-electron chi connectivity index (χ0n) is 11.3. The minimum absolute atomic E-state index is 0. The predicted octanol–water partition coefficient (Wildman–Crippen LogP) is 1.98. The minimum atomic E-state index is -0.522. The molecule has 0 aliphatic carbocycles. The molecule has 108 valence electrons. The van der Waals surface area contributed by atoms with E-state index in [9.17, 15) is 9.18 Å². The summed E-state index contributed by atoms with van der Waals surface area (Å²) in [5.41, 5.74) is 0.222. The number of hydrogen-bond acceptors (Lipinski definition) is 3. The number of likely N-dealkylation sites (N-methyl/N-ethyl adjacent to an activating group) is 1. The molecule has 0 bridgehead atoms. The fourth-order valence-electron chi connectivity index (χ4n) is 1.42. The van der Waals surface area contributed by atoms with Crippen LogP contribution in [0.5, 0.6) is 5.75 Å². The van der Waals surface area contributed by atoms with Gasteiger partial charge in [-0.25, -0.2) is 4.39 Å². The summed E-state index contributed by atoms with van der Waals surface area (Å²) in [4.78, 5) is 11.9. The Bertz CT molecular complexity index is 416. The second-order valence-electron chi connectivity index (χ2n) is 3.95. The van der Waals surface area contributed by atoms with E-state index in [0.717, 1.165) is 0 Å². The van der Waals surface area contributed by atoms with Gasteiger partial charge >= 0.3 is 0 Å². The summed E-state index contributed by atoms with van der Waals surface area (Å²) in [6.07, 6.45) is 0. The Hall–Kier alpha value is -1.33. The zero-order chi connectivity index (χ0) is 13.5. The lowest BCUT2D eigenvalue weighted by Gasteiger charge is -2.14. The molecule has 1 atom stereocenters. The highest BCUT2D eigenvalue weighted by Crippen LogP contribution is 2.22. The third-order valence-electron chi connectivity index (χ3n) is 2.56. The van der Waals surface area contributed by atoms with Crippen LogP contribution in [0, 0.1) is 5.82 Å². The molecule has 2 N–H and O–H groups in total. The van der Waals surface area contributed by atoms with E-state index in [1.165, 1.54) is 12.1 Å². The van der Waals surface area contributed by atoms with E-state index in [1.54, 1.807) is 13.0 Å². The largest absolute Gasteiger partial charge is 0.490 e. The Balaban J connectivity index is 0.00000324. The summed E-state index contributed by atoms with van der Waals surface area (Å²) in [6.45, 7) is 4.47. The highest BCUT2D eigenvalue weighted by molar-refractivity contribution is 5.97. The highest BCUT2D eigenvalue weighted by atomic mass is 35.5. The van der Waals surface area contributed by atoms with Crippen LogP contribution in [0.3, 0.4) is 0 Å². The first-order valence-electron chi connectivity index (χ1n) is 5.96. The van der Waals surface area contributed by atoms with Gasteiger partial charge in [0.1, 0.15) is 0 Å². The fourth-order valence-corrected chi connectivity index (χ4v) is 1.42. The lowest BCUT2D eigenvalue weighted by atomic mass is 10.1. The van der Waals surface area contributed by atoms with Crippen LogP contribution in [-0.4, -0.2) is 32.1 Å². The summed E-state index contributed by atoms with van der Waals surface area (Å²) in [6, 6.07) is 4.47. The van der Waals surface area contributed by atoms with Crippen LogP contribution >= 0.6 is 12.4 Å². The van der Waals surface area contributed by atoms with Gasteiger partial charge in [-0.05, 0) is 33.0 Å². The van der Waals surface area contributed by atoms with Crippen LogP contribution in [0.1, 0.15) is 24.2 Å². The number of benzene rings is 1. The number of amides is 1. The van der Waals surface area contributed by atoms with E-state index in [1.807, 2.05) is 14.0 Å². The predicted molar refractivity (Wildman–Crippen MR) is 75.7 cm³/mol. The maximum Gasteiger partial charge on any atom is 0.255 e. The quantitative estimate of drug-likeness (QED) is 0.842. The van der Waals surface area contributed by atoms with Crippen molar-refractivity contribution >= 4 is 18.3 Å². The summed E-state index contributed by atoms with van der Waals surface area (Å²) < 4.78 is 18.7. The Labute approximate surface area is 119 Å². The van der Waals surface area contributed by atoms with Crippen LogP contribution in [0.4, 0.5) is 4.39 Å². The molecule has 0 aromatic heterocycles. The first-order chi connectivity index (χ1) is 8.60. The molecule has 19 heavy (non-hydrogen) atoms. The molecule has 0 saturated carbocycles.